The van der Waals surface area contributed by atoms with Crippen LogP contribution in [-0.4, -0.2) is 45.1 Å². The Hall–Kier alpha value is -4.87. The molecule has 3 aromatic rings. The molecule has 0 radical (unpaired) electrons. The molecule has 40 heavy (non-hydrogen) atoms. The first-order valence-electron chi connectivity index (χ1n) is 12.9. The lowest BCUT2D eigenvalue weighted by Gasteiger charge is -2.17. The minimum atomic E-state index is -0.530. The number of nitrogens with one attached hydrogen (secondary N) is 2. The molecular weight excluding hydrogens is 514 g/mol. The number of ether oxygens (including phenoxy) is 1. The number of esters is 1. The van der Waals surface area contributed by atoms with Gasteiger partial charge in [0.2, 0.25) is 5.91 Å². The molecular formula is C28H35N7O5. The van der Waals surface area contributed by atoms with Crippen molar-refractivity contribution < 1.29 is 19.5 Å². The molecule has 212 valence electrons. The summed E-state index contributed by atoms with van der Waals surface area (Å²) in [6.45, 7) is 5.89. The van der Waals surface area contributed by atoms with E-state index < -0.39 is 17.4 Å². The number of anilines is 2. The number of oxime groups is 1. The fourth-order valence-corrected chi connectivity index (χ4v) is 3.81. The normalized spacial score (nSPS) is 11.3. The van der Waals surface area contributed by atoms with Gasteiger partial charge in [0.05, 0.1) is 24.1 Å². The Labute approximate surface area is 232 Å². The van der Waals surface area contributed by atoms with Crippen molar-refractivity contribution in [3.05, 3.63) is 75.7 Å². The molecule has 0 aliphatic rings. The predicted octanol–water partition coefficient (Wildman–Crippen LogP) is 2.68. The first-order valence-corrected chi connectivity index (χ1v) is 12.9. The summed E-state index contributed by atoms with van der Waals surface area (Å²) in [5.41, 5.74) is 13.8. The van der Waals surface area contributed by atoms with Gasteiger partial charge in [-0.05, 0) is 44.0 Å². The summed E-state index contributed by atoms with van der Waals surface area (Å²) in [5, 5.41) is 17.6. The van der Waals surface area contributed by atoms with E-state index in [1.54, 1.807) is 36.4 Å². The van der Waals surface area contributed by atoms with E-state index in [1.165, 1.54) is 16.8 Å². The zero-order chi connectivity index (χ0) is 29.2. The van der Waals surface area contributed by atoms with Crippen LogP contribution in [0.5, 0.6) is 0 Å². The van der Waals surface area contributed by atoms with Crippen molar-refractivity contribution >= 4 is 29.2 Å². The highest BCUT2D eigenvalue weighted by atomic mass is 16.5. The number of carbonyl (C=O) groups excluding carboxylic acids is 2. The van der Waals surface area contributed by atoms with Gasteiger partial charge in [0.25, 0.3) is 5.56 Å². The molecule has 0 bridgehead atoms. The highest BCUT2D eigenvalue weighted by molar-refractivity contribution is 5.97. The number of rotatable bonds is 12. The summed E-state index contributed by atoms with van der Waals surface area (Å²) in [5.74, 6) is -0.885. The molecule has 0 aliphatic carbocycles. The molecule has 0 saturated carbocycles. The van der Waals surface area contributed by atoms with Gasteiger partial charge in [0, 0.05) is 29.4 Å². The third-order valence-electron chi connectivity index (χ3n) is 5.85. The van der Waals surface area contributed by atoms with Crippen LogP contribution >= 0.6 is 0 Å². The first-order chi connectivity index (χ1) is 19.1. The van der Waals surface area contributed by atoms with Gasteiger partial charge in [-0.2, -0.15) is 0 Å². The molecule has 0 spiro atoms. The lowest BCUT2D eigenvalue weighted by molar-refractivity contribution is -0.121. The van der Waals surface area contributed by atoms with Gasteiger partial charge < -0.3 is 32.0 Å². The van der Waals surface area contributed by atoms with Gasteiger partial charge in [0.1, 0.15) is 6.54 Å². The second-order valence-electron chi connectivity index (χ2n) is 9.47. The number of hydrogen-bond donors (Lipinski definition) is 5. The molecule has 12 nitrogen and oxygen atoms in total. The van der Waals surface area contributed by atoms with Crippen molar-refractivity contribution in [2.45, 2.75) is 52.7 Å². The Balaban J connectivity index is 1.90. The Morgan fingerprint density at radius 2 is 1.88 bits per heavy atom. The standard InChI is InChI=1S/C28H35N7O5/c1-4-5-10-40-28(38)21-11-20(12-22(29)13-21)23-15-32-26(33-17(2)3)27(37)35(23)16-24(36)31-14-18-6-8-19(9-7-18)25(30)34-39/h6-9,11-13,15,17,39H,4-5,10,14,16,29H2,1-3H3,(H2,30,34)(H,31,36)(H,32,33). The zero-order valence-electron chi connectivity index (χ0n) is 22.8. The number of nitrogens with zero attached hydrogens (tertiary/aromatic N) is 3. The summed E-state index contributed by atoms with van der Waals surface area (Å²) < 4.78 is 6.61. The zero-order valence-corrected chi connectivity index (χ0v) is 22.8. The van der Waals surface area contributed by atoms with E-state index in [1.807, 2.05) is 20.8 Å². The van der Waals surface area contributed by atoms with Crippen LogP contribution in [-0.2, 0) is 22.6 Å². The molecule has 0 saturated heterocycles. The molecule has 0 fully saturated rings. The smallest absolute Gasteiger partial charge is 0.338 e. The van der Waals surface area contributed by atoms with E-state index in [-0.39, 0.29) is 43.0 Å². The lowest BCUT2D eigenvalue weighted by Crippen LogP contribution is -2.35. The maximum absolute atomic E-state index is 13.4. The second-order valence-corrected chi connectivity index (χ2v) is 9.47. The van der Waals surface area contributed by atoms with Crippen LogP contribution in [0.25, 0.3) is 11.3 Å². The van der Waals surface area contributed by atoms with Gasteiger partial charge >= 0.3 is 5.97 Å². The summed E-state index contributed by atoms with van der Waals surface area (Å²) in [7, 11) is 0. The minimum Gasteiger partial charge on any atom is -0.462 e. The van der Waals surface area contributed by atoms with Crippen LogP contribution in [0, 0.1) is 0 Å². The third kappa shape index (κ3) is 7.82. The molecule has 0 atom stereocenters. The van der Waals surface area contributed by atoms with E-state index in [9.17, 15) is 14.4 Å². The van der Waals surface area contributed by atoms with Crippen molar-refractivity contribution in [1.82, 2.24) is 14.9 Å². The number of amidine groups is 1. The Morgan fingerprint density at radius 3 is 2.52 bits per heavy atom. The van der Waals surface area contributed by atoms with Crippen molar-refractivity contribution in [1.29, 1.82) is 0 Å². The molecule has 0 unspecified atom stereocenters. The molecule has 7 N–H and O–H groups in total. The monoisotopic (exact) mass is 549 g/mol. The van der Waals surface area contributed by atoms with Crippen LogP contribution in [0.3, 0.4) is 0 Å². The van der Waals surface area contributed by atoms with E-state index in [4.69, 9.17) is 21.4 Å². The average molecular weight is 550 g/mol. The second kappa shape index (κ2) is 13.8. The average Bonchev–Trinajstić information content (AvgIpc) is 2.93. The van der Waals surface area contributed by atoms with E-state index in [0.717, 1.165) is 18.4 Å². The van der Waals surface area contributed by atoms with Crippen molar-refractivity contribution in [2.75, 3.05) is 17.7 Å². The van der Waals surface area contributed by atoms with Crippen LogP contribution < -0.4 is 27.7 Å². The number of carbonyl (C=O) groups is 2. The first kappa shape index (κ1) is 29.7. The van der Waals surface area contributed by atoms with Crippen molar-refractivity contribution in [2.24, 2.45) is 10.9 Å². The Kier molecular flexibility index (Phi) is 10.2. The van der Waals surface area contributed by atoms with E-state index >= 15 is 0 Å². The van der Waals surface area contributed by atoms with Crippen LogP contribution in [0.2, 0.25) is 0 Å². The largest absolute Gasteiger partial charge is 0.462 e. The highest BCUT2D eigenvalue weighted by Crippen LogP contribution is 2.24. The number of nitrogens with two attached hydrogens (primary N) is 2. The van der Waals surface area contributed by atoms with Gasteiger partial charge in [-0.1, -0.05) is 42.8 Å². The molecule has 1 heterocycles. The Bertz CT molecular complexity index is 1430. The summed E-state index contributed by atoms with van der Waals surface area (Å²) in [4.78, 5) is 43.3. The molecule has 3 rings (SSSR count). The predicted molar refractivity (Wildman–Crippen MR) is 153 cm³/mol. The number of unbranched alkanes of at least 4 members (excludes halogenated alkanes) is 1. The third-order valence-corrected chi connectivity index (χ3v) is 5.85. The molecule has 1 amide bonds. The number of hydrogen-bond acceptors (Lipinski definition) is 9. The van der Waals surface area contributed by atoms with Crippen molar-refractivity contribution in [3.8, 4) is 11.3 Å². The maximum atomic E-state index is 13.4. The van der Waals surface area contributed by atoms with E-state index in [0.29, 0.717) is 22.5 Å². The highest BCUT2D eigenvalue weighted by Gasteiger charge is 2.18. The molecule has 0 aliphatic heterocycles. The summed E-state index contributed by atoms with van der Waals surface area (Å²) >= 11 is 0. The molecule has 2 aromatic carbocycles. The number of benzene rings is 2. The Morgan fingerprint density at radius 1 is 1.15 bits per heavy atom. The van der Waals surface area contributed by atoms with Gasteiger partial charge in [-0.25, -0.2) is 9.78 Å². The fourth-order valence-electron chi connectivity index (χ4n) is 3.81. The van der Waals surface area contributed by atoms with Gasteiger partial charge in [-0.15, -0.1) is 0 Å². The summed E-state index contributed by atoms with van der Waals surface area (Å²) in [6.07, 6.45) is 3.08. The van der Waals surface area contributed by atoms with E-state index in [2.05, 4.69) is 20.8 Å². The lowest BCUT2D eigenvalue weighted by atomic mass is 10.1. The quantitative estimate of drug-likeness (QED) is 0.0430. The maximum Gasteiger partial charge on any atom is 0.338 e. The number of nitrogen functional groups attached to an aromatic ring is 1. The molecule has 1 aromatic heterocycles. The minimum absolute atomic E-state index is 0.0232. The van der Waals surface area contributed by atoms with Crippen molar-refractivity contribution in [3.63, 3.8) is 0 Å². The fraction of sp³-hybridized carbons (Fsp3) is 0.321. The van der Waals surface area contributed by atoms with Crippen LogP contribution in [0.15, 0.2) is 58.6 Å². The van der Waals surface area contributed by atoms with Crippen LogP contribution in [0.4, 0.5) is 11.5 Å². The molecule has 12 heteroatoms. The number of aromatic nitrogens is 2. The SMILES string of the molecule is CCCCOC(=O)c1cc(N)cc(-c2cnc(NC(C)C)c(=O)n2CC(=O)NCc2ccc(/C(N)=N/O)cc2)c1. The number of amides is 1. The van der Waals surface area contributed by atoms with Gasteiger partial charge in [0.15, 0.2) is 11.7 Å². The summed E-state index contributed by atoms with van der Waals surface area (Å²) in [6, 6.07) is 11.4. The van der Waals surface area contributed by atoms with Crippen LogP contribution in [0.1, 0.15) is 55.1 Å². The topological polar surface area (TPSA) is 187 Å². The van der Waals surface area contributed by atoms with Gasteiger partial charge in [-0.3, -0.25) is 14.2 Å².